The van der Waals surface area contributed by atoms with Crippen molar-refractivity contribution in [3.63, 3.8) is 0 Å². The fourth-order valence-electron chi connectivity index (χ4n) is 0.518. The molecule has 0 aliphatic heterocycles. The van der Waals surface area contributed by atoms with Gasteiger partial charge in [0.25, 0.3) is 0 Å². The topological polar surface area (TPSA) is 67.4 Å². The van der Waals surface area contributed by atoms with Crippen molar-refractivity contribution >= 4 is 12.0 Å². The van der Waals surface area contributed by atoms with E-state index in [2.05, 4.69) is 15.4 Å². The molecule has 0 unspecified atom stereocenters. The molecule has 5 nitrogen and oxygen atoms in total. The first-order valence-electron chi connectivity index (χ1n) is 3.18. The van der Waals surface area contributed by atoms with E-state index in [1.807, 2.05) is 0 Å². The van der Waals surface area contributed by atoms with Gasteiger partial charge in [0.2, 0.25) is 5.91 Å². The van der Waals surface area contributed by atoms with Crippen LogP contribution in [0.4, 0.5) is 4.79 Å². The maximum atomic E-state index is 10.8. The summed E-state index contributed by atoms with van der Waals surface area (Å²) in [6.07, 6.45) is -0.610. The number of alkyl carbamates (subject to hydrolysis) is 1. The highest BCUT2D eigenvalue weighted by atomic mass is 16.5. The van der Waals surface area contributed by atoms with Gasteiger partial charge in [-0.1, -0.05) is 0 Å². The highest BCUT2D eigenvalue weighted by molar-refractivity contribution is 5.84. The summed E-state index contributed by atoms with van der Waals surface area (Å²) < 4.78 is 4.29. The predicted molar refractivity (Wildman–Crippen MR) is 39.1 cm³/mol. The van der Waals surface area contributed by atoms with Crippen LogP contribution >= 0.6 is 0 Å². The van der Waals surface area contributed by atoms with E-state index in [9.17, 15) is 9.59 Å². The van der Waals surface area contributed by atoms with Gasteiger partial charge in [-0.2, -0.15) is 0 Å². The summed E-state index contributed by atoms with van der Waals surface area (Å²) >= 11 is 0. The highest BCUT2D eigenvalue weighted by Crippen LogP contribution is 1.81. The molecule has 2 N–H and O–H groups in total. The van der Waals surface area contributed by atoms with Crippen molar-refractivity contribution in [2.24, 2.45) is 0 Å². The second kappa shape index (κ2) is 4.54. The number of methoxy groups -OCH3 is 1. The van der Waals surface area contributed by atoms with Gasteiger partial charge in [0.15, 0.2) is 0 Å². The molecule has 11 heavy (non-hydrogen) atoms. The fourth-order valence-corrected chi connectivity index (χ4v) is 0.518. The van der Waals surface area contributed by atoms with Crippen molar-refractivity contribution < 1.29 is 14.3 Å². The number of nitrogens with one attached hydrogen (secondary N) is 2. The summed E-state index contributed by atoms with van der Waals surface area (Å²) in [6.45, 7) is 1.57. The Morgan fingerprint density at radius 3 is 2.36 bits per heavy atom. The molecule has 0 saturated carbocycles. The number of hydrogen-bond donors (Lipinski definition) is 2. The van der Waals surface area contributed by atoms with Crippen molar-refractivity contribution in [3.05, 3.63) is 0 Å². The summed E-state index contributed by atoms with van der Waals surface area (Å²) in [7, 11) is 2.74. The first-order chi connectivity index (χ1) is 5.11. The molecular formula is C6H12N2O3. The van der Waals surface area contributed by atoms with Crippen molar-refractivity contribution in [2.45, 2.75) is 13.0 Å². The molecule has 0 aromatic heterocycles. The quantitative estimate of drug-likeness (QED) is 0.571. The molecule has 0 aliphatic rings. The van der Waals surface area contributed by atoms with E-state index in [0.717, 1.165) is 0 Å². The number of rotatable bonds is 2. The zero-order valence-corrected chi connectivity index (χ0v) is 6.80. The third kappa shape index (κ3) is 3.44. The van der Waals surface area contributed by atoms with Gasteiger partial charge in [0.05, 0.1) is 7.11 Å². The van der Waals surface area contributed by atoms with Crippen LogP contribution in [0, 0.1) is 0 Å². The number of likely N-dealkylation sites (N-methyl/N-ethyl adjacent to an activating group) is 1. The van der Waals surface area contributed by atoms with Crippen molar-refractivity contribution in [3.8, 4) is 0 Å². The molecule has 1 atom stereocenters. The van der Waals surface area contributed by atoms with Crippen molar-refractivity contribution in [1.29, 1.82) is 0 Å². The summed E-state index contributed by atoms with van der Waals surface area (Å²) in [5.41, 5.74) is 0. The average Bonchev–Trinajstić information content (AvgIpc) is 2.02. The zero-order valence-electron chi connectivity index (χ0n) is 6.80. The Kier molecular flexibility index (Phi) is 4.02. The van der Waals surface area contributed by atoms with E-state index in [1.165, 1.54) is 14.2 Å². The van der Waals surface area contributed by atoms with Crippen molar-refractivity contribution in [1.82, 2.24) is 10.6 Å². The summed E-state index contributed by atoms with van der Waals surface area (Å²) in [4.78, 5) is 21.3. The van der Waals surface area contributed by atoms with Crippen LogP contribution in [0.15, 0.2) is 0 Å². The fraction of sp³-hybridized carbons (Fsp3) is 0.667. The Labute approximate surface area is 65.1 Å². The average molecular weight is 160 g/mol. The third-order valence-corrected chi connectivity index (χ3v) is 1.16. The third-order valence-electron chi connectivity index (χ3n) is 1.16. The minimum atomic E-state index is -0.610. The summed E-state index contributed by atoms with van der Waals surface area (Å²) in [6, 6.07) is -0.563. The molecule has 0 fully saturated rings. The lowest BCUT2D eigenvalue weighted by Gasteiger charge is -2.10. The molecule has 5 heteroatoms. The molecule has 0 spiro atoms. The van der Waals surface area contributed by atoms with Gasteiger partial charge in [0, 0.05) is 7.05 Å². The minimum Gasteiger partial charge on any atom is -0.453 e. The molecule has 0 rings (SSSR count). The van der Waals surface area contributed by atoms with Crippen LogP contribution in [0.25, 0.3) is 0 Å². The summed E-state index contributed by atoms with van der Waals surface area (Å²) in [5, 5.41) is 4.69. The Morgan fingerprint density at radius 2 is 2.00 bits per heavy atom. The van der Waals surface area contributed by atoms with Crippen LogP contribution in [0.2, 0.25) is 0 Å². The van der Waals surface area contributed by atoms with Crippen molar-refractivity contribution in [2.75, 3.05) is 14.2 Å². The van der Waals surface area contributed by atoms with Crippen LogP contribution in [0.3, 0.4) is 0 Å². The lowest BCUT2D eigenvalue weighted by Crippen LogP contribution is -2.43. The molecule has 0 saturated heterocycles. The first-order valence-corrected chi connectivity index (χ1v) is 3.18. The molecule has 0 aromatic rings. The number of carbonyl (C=O) groups is 2. The normalized spacial score (nSPS) is 11.5. The smallest absolute Gasteiger partial charge is 0.407 e. The molecule has 0 aliphatic carbocycles. The second-order valence-corrected chi connectivity index (χ2v) is 1.97. The van der Waals surface area contributed by atoms with Gasteiger partial charge < -0.3 is 15.4 Å². The monoisotopic (exact) mass is 160 g/mol. The molecule has 64 valence electrons. The van der Waals surface area contributed by atoms with Gasteiger partial charge in [0.1, 0.15) is 6.04 Å². The van der Waals surface area contributed by atoms with E-state index < -0.39 is 12.1 Å². The number of carbonyl (C=O) groups excluding carboxylic acids is 2. The van der Waals surface area contributed by atoms with Crippen LogP contribution in [-0.4, -0.2) is 32.2 Å². The zero-order chi connectivity index (χ0) is 8.85. The predicted octanol–water partition coefficient (Wildman–Crippen LogP) is -0.523. The lowest BCUT2D eigenvalue weighted by atomic mass is 10.3. The number of amides is 2. The molecule has 2 amide bonds. The standard InChI is InChI=1S/C6H12N2O3/c1-4(5(9)7-2)8-6(10)11-3/h4H,1-3H3,(H,7,9)(H,8,10)/t4-/m1/s1. The SMILES string of the molecule is CNC(=O)[C@@H](C)NC(=O)OC. The van der Waals surface area contributed by atoms with E-state index in [0.29, 0.717) is 0 Å². The molecule has 0 radical (unpaired) electrons. The van der Waals surface area contributed by atoms with Gasteiger partial charge in [-0.05, 0) is 6.92 Å². The van der Waals surface area contributed by atoms with Crippen LogP contribution in [0.1, 0.15) is 6.92 Å². The van der Waals surface area contributed by atoms with Gasteiger partial charge in [-0.3, -0.25) is 4.79 Å². The van der Waals surface area contributed by atoms with E-state index in [1.54, 1.807) is 6.92 Å². The summed E-state index contributed by atoms with van der Waals surface area (Å²) in [5.74, 6) is -0.254. The number of ether oxygens (including phenoxy) is 1. The number of hydrogen-bond acceptors (Lipinski definition) is 3. The molecule has 0 aromatic carbocycles. The van der Waals surface area contributed by atoms with Gasteiger partial charge >= 0.3 is 6.09 Å². The molecular weight excluding hydrogens is 148 g/mol. The Morgan fingerprint density at radius 1 is 1.45 bits per heavy atom. The first kappa shape index (κ1) is 9.74. The Bertz CT molecular complexity index is 158. The lowest BCUT2D eigenvalue weighted by molar-refractivity contribution is -0.122. The maximum absolute atomic E-state index is 10.8. The second-order valence-electron chi connectivity index (χ2n) is 1.97. The van der Waals surface area contributed by atoms with Crippen LogP contribution in [-0.2, 0) is 9.53 Å². The molecule has 0 bridgehead atoms. The largest absolute Gasteiger partial charge is 0.453 e. The van der Waals surface area contributed by atoms with Gasteiger partial charge in [-0.25, -0.2) is 4.79 Å². The Balaban J connectivity index is 3.77. The van der Waals surface area contributed by atoms with E-state index in [4.69, 9.17) is 0 Å². The Hall–Kier alpha value is -1.26. The van der Waals surface area contributed by atoms with E-state index >= 15 is 0 Å². The van der Waals surface area contributed by atoms with Gasteiger partial charge in [-0.15, -0.1) is 0 Å². The molecule has 0 heterocycles. The highest BCUT2D eigenvalue weighted by Gasteiger charge is 2.12. The van der Waals surface area contributed by atoms with Crippen LogP contribution < -0.4 is 10.6 Å². The van der Waals surface area contributed by atoms with E-state index in [-0.39, 0.29) is 5.91 Å². The maximum Gasteiger partial charge on any atom is 0.407 e. The van der Waals surface area contributed by atoms with Crippen LogP contribution in [0.5, 0.6) is 0 Å². The minimum absolute atomic E-state index is 0.254.